The number of hydrogen-bond acceptors (Lipinski definition) is 6. The molecule has 2 atom stereocenters. The minimum absolute atomic E-state index is 0.140. The molecule has 1 fully saturated rings. The lowest BCUT2D eigenvalue weighted by Gasteiger charge is -2.33. The maximum absolute atomic E-state index is 12.7. The van der Waals surface area contributed by atoms with Crippen molar-refractivity contribution in [3.63, 3.8) is 0 Å². The second kappa shape index (κ2) is 7.77. The topological polar surface area (TPSA) is 82.1 Å². The van der Waals surface area contributed by atoms with Gasteiger partial charge in [-0.2, -0.15) is 0 Å². The smallest absolute Gasteiger partial charge is 0.411 e. The molecule has 23 heavy (non-hydrogen) atoms. The van der Waals surface area contributed by atoms with Crippen LogP contribution in [0.4, 0.5) is 4.79 Å². The van der Waals surface area contributed by atoms with Gasteiger partial charge in [0.2, 0.25) is 0 Å². The Hall–Kier alpha value is -0.910. The molecule has 0 radical (unpaired) electrons. The lowest BCUT2D eigenvalue weighted by molar-refractivity contribution is -0.118. The first-order chi connectivity index (χ1) is 10.6. The number of nitrogens with zero attached hydrogens (tertiary/aromatic N) is 1. The van der Waals surface area contributed by atoms with E-state index in [1.54, 1.807) is 20.8 Å². The zero-order valence-electron chi connectivity index (χ0n) is 14.8. The summed E-state index contributed by atoms with van der Waals surface area (Å²) in [7, 11) is -1.33. The molecule has 1 aliphatic heterocycles. The first-order valence-electron chi connectivity index (χ1n) is 7.84. The molecule has 1 amide bonds. The number of ketones is 1. The Morgan fingerprint density at radius 3 is 2.30 bits per heavy atom. The van der Waals surface area contributed by atoms with E-state index in [4.69, 9.17) is 13.8 Å². The molecule has 1 aliphatic rings. The normalized spacial score (nSPS) is 22.5. The fourth-order valence-corrected chi connectivity index (χ4v) is 4.23. The molecule has 0 aromatic rings. The average molecular weight is 349 g/mol. The van der Waals surface area contributed by atoms with Crippen molar-refractivity contribution in [1.29, 1.82) is 0 Å². The lowest BCUT2D eigenvalue weighted by Crippen LogP contribution is -2.45. The Morgan fingerprint density at radius 1 is 1.30 bits per heavy atom. The molecule has 134 valence electrons. The first kappa shape index (κ1) is 20.1. The van der Waals surface area contributed by atoms with E-state index in [-0.39, 0.29) is 18.2 Å². The Labute approximate surface area is 138 Å². The van der Waals surface area contributed by atoms with Gasteiger partial charge in [0.05, 0.1) is 0 Å². The third-order valence-electron chi connectivity index (χ3n) is 3.69. The van der Waals surface area contributed by atoms with Crippen molar-refractivity contribution in [2.45, 2.75) is 70.8 Å². The highest BCUT2D eigenvalue weighted by molar-refractivity contribution is 7.55. The largest absolute Gasteiger partial charge is 0.444 e. The van der Waals surface area contributed by atoms with E-state index in [0.29, 0.717) is 6.42 Å². The van der Waals surface area contributed by atoms with Gasteiger partial charge in [0.1, 0.15) is 5.60 Å². The van der Waals surface area contributed by atoms with E-state index in [2.05, 4.69) is 0 Å². The van der Waals surface area contributed by atoms with Gasteiger partial charge in [-0.15, -0.1) is 0 Å². The van der Waals surface area contributed by atoms with E-state index in [0.717, 1.165) is 12.8 Å². The Kier molecular flexibility index (Phi) is 6.81. The van der Waals surface area contributed by atoms with Crippen LogP contribution >= 0.6 is 7.60 Å². The molecule has 0 spiro atoms. The molecule has 0 N–H and O–H groups in total. The summed E-state index contributed by atoms with van der Waals surface area (Å²) in [5.74, 6) is -1.56. The molecule has 0 aromatic carbocycles. The Balaban J connectivity index is 3.17. The van der Waals surface area contributed by atoms with Gasteiger partial charge in [-0.05, 0) is 27.2 Å². The third-order valence-corrected chi connectivity index (χ3v) is 5.84. The summed E-state index contributed by atoms with van der Waals surface area (Å²) < 4.78 is 28.1. The highest BCUT2D eigenvalue weighted by Crippen LogP contribution is 2.56. The monoisotopic (exact) mass is 349 g/mol. The van der Waals surface area contributed by atoms with Crippen molar-refractivity contribution in [3.8, 4) is 0 Å². The summed E-state index contributed by atoms with van der Waals surface area (Å²) in [5.41, 5.74) is -0.716. The van der Waals surface area contributed by atoms with Crippen molar-refractivity contribution in [2.75, 3.05) is 14.2 Å². The van der Waals surface area contributed by atoms with Crippen molar-refractivity contribution in [1.82, 2.24) is 4.90 Å². The molecule has 0 aromatic heterocycles. The zero-order valence-corrected chi connectivity index (χ0v) is 15.7. The van der Waals surface area contributed by atoms with Gasteiger partial charge < -0.3 is 13.8 Å². The number of ether oxygens (including phenoxy) is 1. The van der Waals surface area contributed by atoms with Gasteiger partial charge in [-0.1, -0.05) is 19.8 Å². The molecule has 0 saturated carbocycles. The Morgan fingerprint density at radius 2 is 1.87 bits per heavy atom. The van der Waals surface area contributed by atoms with E-state index >= 15 is 0 Å². The van der Waals surface area contributed by atoms with Crippen molar-refractivity contribution in [3.05, 3.63) is 0 Å². The molecule has 1 heterocycles. The van der Waals surface area contributed by atoms with Crippen LogP contribution in [0.2, 0.25) is 0 Å². The number of unbranched alkanes of at least 4 members (excludes halogenated alkanes) is 1. The van der Waals surface area contributed by atoms with Crippen LogP contribution < -0.4 is 0 Å². The van der Waals surface area contributed by atoms with Crippen LogP contribution in [0.25, 0.3) is 0 Å². The van der Waals surface area contributed by atoms with Crippen LogP contribution in [0.1, 0.15) is 53.4 Å². The van der Waals surface area contributed by atoms with E-state index in [1.165, 1.54) is 19.1 Å². The number of amides is 1. The summed E-state index contributed by atoms with van der Waals surface area (Å²) in [6, 6.07) is -0.346. The van der Waals surface area contributed by atoms with Crippen LogP contribution in [0.15, 0.2) is 0 Å². The van der Waals surface area contributed by atoms with Crippen molar-refractivity contribution < 1.29 is 27.9 Å². The summed E-state index contributed by atoms with van der Waals surface area (Å²) in [6.45, 7) is 7.25. The number of carbonyl (C=O) groups is 2. The third kappa shape index (κ3) is 4.78. The lowest BCUT2D eigenvalue weighted by atomic mass is 10.1. The number of Topliss-reactive ketones (excluding diaryl/α,β-unsaturated/α-hetero) is 1. The molecule has 8 heteroatoms. The van der Waals surface area contributed by atoms with Crippen molar-refractivity contribution >= 4 is 19.5 Å². The fourth-order valence-electron chi connectivity index (χ4n) is 2.64. The van der Waals surface area contributed by atoms with E-state index in [1.807, 2.05) is 6.92 Å². The second-order valence-electron chi connectivity index (χ2n) is 6.63. The molecule has 1 saturated heterocycles. The highest BCUT2D eigenvalue weighted by Gasteiger charge is 2.54. The maximum atomic E-state index is 12.7. The molecule has 7 nitrogen and oxygen atoms in total. The molecule has 0 aliphatic carbocycles. The molecule has 0 unspecified atom stereocenters. The molecule has 1 rings (SSSR count). The first-order valence-corrected chi connectivity index (χ1v) is 9.46. The summed E-state index contributed by atoms with van der Waals surface area (Å²) >= 11 is 0. The minimum atomic E-state index is -3.75. The van der Waals surface area contributed by atoms with Crippen molar-refractivity contribution in [2.24, 2.45) is 0 Å². The Bertz CT molecular complexity index is 479. The summed E-state index contributed by atoms with van der Waals surface area (Å²) in [5, 5.41) is 0. The van der Waals surface area contributed by atoms with Crippen LogP contribution in [0, 0.1) is 0 Å². The van der Waals surface area contributed by atoms with Crippen LogP contribution in [0.3, 0.4) is 0 Å². The van der Waals surface area contributed by atoms with Crippen LogP contribution in [-0.4, -0.2) is 48.4 Å². The SMILES string of the molecule is CCCC[C@H]1CC(=O)[C@@H](P(=O)(OC)OC)N1C(=O)OC(C)(C)C. The van der Waals surface area contributed by atoms with Gasteiger partial charge >= 0.3 is 13.7 Å². The summed E-state index contributed by atoms with van der Waals surface area (Å²) in [6.07, 6.45) is 1.91. The quantitative estimate of drug-likeness (QED) is 0.682. The van der Waals surface area contributed by atoms with Gasteiger partial charge in [0, 0.05) is 26.7 Å². The van der Waals surface area contributed by atoms with Gasteiger partial charge in [0.25, 0.3) is 0 Å². The number of hydrogen-bond donors (Lipinski definition) is 0. The van der Waals surface area contributed by atoms with Gasteiger partial charge in [0.15, 0.2) is 11.6 Å². The number of likely N-dealkylation sites (tertiary alicyclic amines) is 1. The number of carbonyl (C=O) groups excluding carboxylic acids is 2. The highest BCUT2D eigenvalue weighted by atomic mass is 31.2. The summed E-state index contributed by atoms with van der Waals surface area (Å²) in [4.78, 5) is 26.3. The molecule has 0 bridgehead atoms. The zero-order chi connectivity index (χ0) is 17.8. The molecular formula is C15H28NO6P. The predicted octanol–water partition coefficient (Wildman–Crippen LogP) is 3.57. The predicted molar refractivity (Wildman–Crippen MR) is 86.4 cm³/mol. The van der Waals surface area contributed by atoms with Crippen LogP contribution in [-0.2, 0) is 23.1 Å². The maximum Gasteiger partial charge on any atom is 0.411 e. The van der Waals surface area contributed by atoms with Crippen LogP contribution in [0.5, 0.6) is 0 Å². The second-order valence-corrected chi connectivity index (χ2v) is 8.93. The van der Waals surface area contributed by atoms with E-state index < -0.39 is 25.1 Å². The standard InChI is InChI=1S/C15H28NO6P/c1-7-8-9-11-10-12(17)13(23(19,20-5)21-6)16(11)14(18)22-15(2,3)4/h11,13H,7-10H2,1-6H3/t11-,13+/m0/s1. The van der Waals surface area contributed by atoms with Gasteiger partial charge in [-0.3, -0.25) is 14.3 Å². The fraction of sp³-hybridized carbons (Fsp3) is 0.867. The van der Waals surface area contributed by atoms with E-state index in [9.17, 15) is 14.2 Å². The number of rotatable bonds is 6. The van der Waals surface area contributed by atoms with Gasteiger partial charge in [-0.25, -0.2) is 4.79 Å². The molecular weight excluding hydrogens is 321 g/mol. The average Bonchev–Trinajstić information content (AvgIpc) is 2.79. The minimum Gasteiger partial charge on any atom is -0.444 e.